The molecular weight excluding hydrogens is 378 g/mol. The number of alkyl halides is 2. The summed E-state index contributed by atoms with van der Waals surface area (Å²) in [6.07, 6.45) is 4.40. The number of fused-ring (bicyclic) bond motifs is 1. The number of carbonyl (C=O) groups excluding carboxylic acids is 1. The predicted octanol–water partition coefficient (Wildman–Crippen LogP) is 3.56. The number of ether oxygens (including phenoxy) is 1. The molecule has 1 saturated carbocycles. The van der Waals surface area contributed by atoms with E-state index in [-0.39, 0.29) is 23.2 Å². The second-order valence-electron chi connectivity index (χ2n) is 8.17. The Labute approximate surface area is 169 Å². The van der Waals surface area contributed by atoms with Crippen molar-refractivity contribution in [1.82, 2.24) is 19.6 Å². The maximum absolute atomic E-state index is 12.7. The van der Waals surface area contributed by atoms with Gasteiger partial charge in [-0.3, -0.25) is 9.69 Å². The molecule has 1 spiro atoms. The van der Waals surface area contributed by atoms with E-state index in [9.17, 15) is 13.6 Å². The fraction of sp³-hybridized carbons (Fsp3) is 0.524. The molecule has 1 aliphatic heterocycles. The molecule has 2 heterocycles. The molecule has 29 heavy (non-hydrogen) atoms. The SMILES string of the molecule is CN1Cc2ccccc2OC2(CCC(N(C)C(=O)c3ccn(C(F)F)n3)CC2)C1. The Hall–Kier alpha value is -2.48. The van der Waals surface area contributed by atoms with Crippen LogP contribution in [-0.2, 0) is 6.54 Å². The fourth-order valence-corrected chi connectivity index (χ4v) is 4.52. The lowest BCUT2D eigenvalue weighted by Crippen LogP contribution is -2.51. The van der Waals surface area contributed by atoms with E-state index in [0.717, 1.165) is 50.7 Å². The van der Waals surface area contributed by atoms with Crippen molar-refractivity contribution >= 4 is 5.91 Å². The molecule has 1 fully saturated rings. The van der Waals surface area contributed by atoms with Gasteiger partial charge in [-0.15, -0.1) is 0 Å². The van der Waals surface area contributed by atoms with Crippen molar-refractivity contribution in [2.24, 2.45) is 0 Å². The summed E-state index contributed by atoms with van der Waals surface area (Å²) in [5.41, 5.74) is 0.974. The first-order chi connectivity index (χ1) is 13.9. The predicted molar refractivity (Wildman–Crippen MR) is 104 cm³/mol. The Morgan fingerprint density at radius 3 is 2.69 bits per heavy atom. The Bertz CT molecular complexity index is 877. The Morgan fingerprint density at radius 1 is 1.28 bits per heavy atom. The minimum atomic E-state index is -2.75. The van der Waals surface area contributed by atoms with Crippen LogP contribution in [0, 0.1) is 0 Å². The van der Waals surface area contributed by atoms with E-state index in [1.54, 1.807) is 11.9 Å². The van der Waals surface area contributed by atoms with Crippen molar-refractivity contribution in [3.63, 3.8) is 0 Å². The molecule has 0 atom stereocenters. The third-order valence-electron chi connectivity index (χ3n) is 6.06. The minimum Gasteiger partial charge on any atom is -0.486 e. The number of hydrogen-bond acceptors (Lipinski definition) is 4. The van der Waals surface area contributed by atoms with Gasteiger partial charge in [-0.2, -0.15) is 13.9 Å². The van der Waals surface area contributed by atoms with Crippen LogP contribution in [0.25, 0.3) is 0 Å². The average Bonchev–Trinajstić information content (AvgIpc) is 3.14. The lowest BCUT2D eigenvalue weighted by atomic mass is 9.81. The number of carbonyl (C=O) groups is 1. The van der Waals surface area contributed by atoms with Gasteiger partial charge in [0.1, 0.15) is 11.4 Å². The molecule has 2 aliphatic rings. The van der Waals surface area contributed by atoms with Gasteiger partial charge < -0.3 is 9.64 Å². The van der Waals surface area contributed by atoms with Gasteiger partial charge >= 0.3 is 6.55 Å². The van der Waals surface area contributed by atoms with Crippen molar-refractivity contribution in [2.75, 3.05) is 20.6 Å². The molecule has 0 saturated heterocycles. The zero-order valence-electron chi connectivity index (χ0n) is 16.7. The van der Waals surface area contributed by atoms with E-state index in [1.807, 2.05) is 18.2 Å². The molecule has 0 bridgehead atoms. The topological polar surface area (TPSA) is 50.6 Å². The fourth-order valence-electron chi connectivity index (χ4n) is 4.52. The summed E-state index contributed by atoms with van der Waals surface area (Å²) in [5.74, 6) is 0.617. The quantitative estimate of drug-likeness (QED) is 0.785. The smallest absolute Gasteiger partial charge is 0.333 e. The van der Waals surface area contributed by atoms with Crippen molar-refractivity contribution in [3.05, 3.63) is 47.8 Å². The summed E-state index contributed by atoms with van der Waals surface area (Å²) in [7, 11) is 3.83. The van der Waals surface area contributed by atoms with Crippen LogP contribution >= 0.6 is 0 Å². The first kappa shape index (κ1) is 19.8. The molecule has 0 N–H and O–H groups in total. The Balaban J connectivity index is 1.43. The maximum Gasteiger partial charge on any atom is 0.333 e. The summed E-state index contributed by atoms with van der Waals surface area (Å²) >= 11 is 0. The molecule has 156 valence electrons. The third-order valence-corrected chi connectivity index (χ3v) is 6.06. The van der Waals surface area contributed by atoms with Crippen LogP contribution in [0.4, 0.5) is 8.78 Å². The normalized spacial score (nSPS) is 24.8. The van der Waals surface area contributed by atoms with Gasteiger partial charge in [0, 0.05) is 37.9 Å². The summed E-state index contributed by atoms with van der Waals surface area (Å²) in [4.78, 5) is 16.6. The number of likely N-dealkylation sites (N-methyl/N-ethyl adjacent to an activating group) is 1. The van der Waals surface area contributed by atoms with Crippen LogP contribution in [0.5, 0.6) is 5.75 Å². The zero-order chi connectivity index (χ0) is 20.6. The summed E-state index contributed by atoms with van der Waals surface area (Å²) in [5, 5.41) is 3.70. The number of rotatable bonds is 3. The van der Waals surface area contributed by atoms with Gasteiger partial charge in [-0.1, -0.05) is 18.2 Å². The molecule has 4 rings (SSSR count). The van der Waals surface area contributed by atoms with Gasteiger partial charge in [0.25, 0.3) is 5.91 Å². The van der Waals surface area contributed by atoms with Crippen LogP contribution in [0.1, 0.15) is 48.3 Å². The van der Waals surface area contributed by atoms with Crippen molar-refractivity contribution in [2.45, 2.75) is 50.4 Å². The molecular formula is C21H26F2N4O2. The van der Waals surface area contributed by atoms with Gasteiger partial charge in [0.05, 0.1) is 0 Å². The van der Waals surface area contributed by atoms with Gasteiger partial charge in [0.2, 0.25) is 0 Å². The summed E-state index contributed by atoms with van der Waals surface area (Å²) < 4.78 is 32.5. The zero-order valence-corrected chi connectivity index (χ0v) is 16.7. The second kappa shape index (κ2) is 7.74. The Morgan fingerprint density at radius 2 is 2.00 bits per heavy atom. The number of nitrogens with zero attached hydrogens (tertiary/aromatic N) is 4. The highest BCUT2D eigenvalue weighted by molar-refractivity contribution is 5.92. The van der Waals surface area contributed by atoms with E-state index in [0.29, 0.717) is 4.68 Å². The van der Waals surface area contributed by atoms with E-state index in [4.69, 9.17) is 4.74 Å². The van der Waals surface area contributed by atoms with Crippen molar-refractivity contribution in [1.29, 1.82) is 0 Å². The number of hydrogen-bond donors (Lipinski definition) is 0. The number of amides is 1. The summed E-state index contributed by atoms with van der Waals surface area (Å²) in [6, 6.07) is 9.53. The van der Waals surface area contributed by atoms with Crippen LogP contribution in [0.3, 0.4) is 0 Å². The molecule has 1 aromatic carbocycles. The lowest BCUT2D eigenvalue weighted by molar-refractivity contribution is -0.00857. The summed E-state index contributed by atoms with van der Waals surface area (Å²) in [6.45, 7) is -1.05. The highest BCUT2D eigenvalue weighted by atomic mass is 19.3. The second-order valence-corrected chi connectivity index (χ2v) is 8.17. The van der Waals surface area contributed by atoms with Crippen LogP contribution in [-0.4, -0.2) is 57.8 Å². The maximum atomic E-state index is 12.7. The van der Waals surface area contributed by atoms with Gasteiger partial charge in [-0.25, -0.2) is 4.68 Å². The number of halogens is 2. The van der Waals surface area contributed by atoms with E-state index in [1.165, 1.54) is 11.6 Å². The molecule has 1 amide bonds. The van der Waals surface area contributed by atoms with Crippen LogP contribution < -0.4 is 4.74 Å². The molecule has 1 aliphatic carbocycles. The highest BCUT2D eigenvalue weighted by Gasteiger charge is 2.42. The van der Waals surface area contributed by atoms with Crippen LogP contribution in [0.2, 0.25) is 0 Å². The molecule has 2 aromatic rings. The molecule has 8 heteroatoms. The molecule has 1 aromatic heterocycles. The van der Waals surface area contributed by atoms with E-state index < -0.39 is 6.55 Å². The largest absolute Gasteiger partial charge is 0.486 e. The molecule has 6 nitrogen and oxygen atoms in total. The van der Waals surface area contributed by atoms with Gasteiger partial charge in [-0.05, 0) is 44.9 Å². The minimum absolute atomic E-state index is 0.0391. The first-order valence-electron chi connectivity index (χ1n) is 9.93. The molecule has 0 unspecified atom stereocenters. The van der Waals surface area contributed by atoms with E-state index in [2.05, 4.69) is 23.1 Å². The van der Waals surface area contributed by atoms with Crippen LogP contribution in [0.15, 0.2) is 36.5 Å². The highest BCUT2D eigenvalue weighted by Crippen LogP contribution is 2.39. The monoisotopic (exact) mass is 404 g/mol. The van der Waals surface area contributed by atoms with E-state index >= 15 is 0 Å². The standard InChI is InChI=1S/C21H26F2N4O2/c1-25-13-15-5-3-4-6-18(15)29-21(14-25)10-7-16(8-11-21)26(2)19(28)17-9-12-27(24-17)20(22)23/h3-6,9,12,16,20H,7-8,10-11,13-14H2,1-2H3. The third kappa shape index (κ3) is 3.99. The first-order valence-corrected chi connectivity index (χ1v) is 9.93. The van der Waals surface area contributed by atoms with Crippen molar-refractivity contribution in [3.8, 4) is 5.75 Å². The number of aromatic nitrogens is 2. The lowest BCUT2D eigenvalue weighted by Gasteiger charge is -2.43. The van der Waals surface area contributed by atoms with Crippen molar-refractivity contribution < 1.29 is 18.3 Å². The average molecular weight is 404 g/mol. The number of para-hydroxylation sites is 1. The van der Waals surface area contributed by atoms with Gasteiger partial charge in [0.15, 0.2) is 5.69 Å². The molecule has 0 radical (unpaired) electrons. The Kier molecular flexibility index (Phi) is 5.29. The number of benzene rings is 1.